The van der Waals surface area contributed by atoms with Crippen molar-refractivity contribution in [2.24, 2.45) is 0 Å². The Labute approximate surface area is 108 Å². The first-order valence-corrected chi connectivity index (χ1v) is 5.73. The van der Waals surface area contributed by atoms with Gasteiger partial charge in [0.2, 0.25) is 0 Å². The van der Waals surface area contributed by atoms with Gasteiger partial charge in [-0.15, -0.1) is 0 Å². The van der Waals surface area contributed by atoms with Crippen molar-refractivity contribution < 1.29 is 9.50 Å². The van der Waals surface area contributed by atoms with Crippen LogP contribution in [-0.4, -0.2) is 5.11 Å². The van der Waals surface area contributed by atoms with E-state index in [4.69, 9.17) is 23.2 Å². The van der Waals surface area contributed by atoms with E-state index in [2.05, 4.69) is 0 Å². The van der Waals surface area contributed by atoms with Crippen LogP contribution >= 0.6 is 23.2 Å². The van der Waals surface area contributed by atoms with E-state index in [9.17, 15) is 9.50 Å². The molecule has 4 heteroatoms. The van der Waals surface area contributed by atoms with E-state index in [-0.39, 0.29) is 5.02 Å². The SMILES string of the molecule is OC(c1ccccc1Cl)c1cccc(F)c1Cl. The average molecular weight is 271 g/mol. The lowest BCUT2D eigenvalue weighted by atomic mass is 10.0. The standard InChI is InChI=1S/C13H9Cl2FO/c14-10-6-2-1-4-8(10)13(17)9-5-3-7-11(16)12(9)15/h1-7,13,17H. The molecule has 0 bridgehead atoms. The highest BCUT2D eigenvalue weighted by Gasteiger charge is 2.18. The zero-order chi connectivity index (χ0) is 12.4. The van der Waals surface area contributed by atoms with Gasteiger partial charge in [-0.25, -0.2) is 4.39 Å². The molecule has 0 heterocycles. The lowest BCUT2D eigenvalue weighted by Crippen LogP contribution is -2.02. The lowest BCUT2D eigenvalue weighted by molar-refractivity contribution is 0.220. The molecule has 1 unspecified atom stereocenters. The highest BCUT2D eigenvalue weighted by molar-refractivity contribution is 6.32. The van der Waals surface area contributed by atoms with Gasteiger partial charge in [0.05, 0.1) is 5.02 Å². The highest BCUT2D eigenvalue weighted by atomic mass is 35.5. The molecule has 0 saturated heterocycles. The average Bonchev–Trinajstić information content (AvgIpc) is 2.32. The maximum absolute atomic E-state index is 13.3. The fourth-order valence-electron chi connectivity index (χ4n) is 1.60. The van der Waals surface area contributed by atoms with Crippen LogP contribution in [0.25, 0.3) is 0 Å². The van der Waals surface area contributed by atoms with Crippen LogP contribution in [0.15, 0.2) is 42.5 Å². The van der Waals surface area contributed by atoms with Crippen LogP contribution in [0, 0.1) is 5.82 Å². The van der Waals surface area contributed by atoms with Crippen molar-refractivity contribution in [3.05, 3.63) is 69.5 Å². The van der Waals surface area contributed by atoms with E-state index < -0.39 is 11.9 Å². The molecular weight excluding hydrogens is 262 g/mol. The molecule has 0 fully saturated rings. The van der Waals surface area contributed by atoms with Crippen molar-refractivity contribution in [2.45, 2.75) is 6.10 Å². The quantitative estimate of drug-likeness (QED) is 0.867. The van der Waals surface area contributed by atoms with Crippen LogP contribution in [0.2, 0.25) is 10.0 Å². The molecule has 2 aromatic rings. The molecular formula is C13H9Cl2FO. The first kappa shape index (κ1) is 12.4. The van der Waals surface area contributed by atoms with E-state index >= 15 is 0 Å². The number of aliphatic hydroxyl groups excluding tert-OH is 1. The molecule has 0 aromatic heterocycles. The number of benzene rings is 2. The smallest absolute Gasteiger partial charge is 0.142 e. The number of hydrogen-bond acceptors (Lipinski definition) is 1. The summed E-state index contributed by atoms with van der Waals surface area (Å²) in [6.07, 6.45) is -1.04. The van der Waals surface area contributed by atoms with Crippen molar-refractivity contribution >= 4 is 23.2 Å². The summed E-state index contributed by atoms with van der Waals surface area (Å²) in [5, 5.41) is 10.5. The molecule has 0 aliphatic carbocycles. The summed E-state index contributed by atoms with van der Waals surface area (Å²) in [6.45, 7) is 0. The summed E-state index contributed by atoms with van der Waals surface area (Å²) in [4.78, 5) is 0. The van der Waals surface area contributed by atoms with Crippen molar-refractivity contribution in [3.63, 3.8) is 0 Å². The van der Waals surface area contributed by atoms with Crippen LogP contribution in [0.3, 0.4) is 0 Å². The molecule has 1 nitrogen and oxygen atoms in total. The maximum Gasteiger partial charge on any atom is 0.142 e. The van der Waals surface area contributed by atoms with Gasteiger partial charge in [-0.1, -0.05) is 53.5 Å². The molecule has 0 aliphatic rings. The van der Waals surface area contributed by atoms with E-state index in [1.165, 1.54) is 12.1 Å². The zero-order valence-corrected chi connectivity index (χ0v) is 10.2. The van der Waals surface area contributed by atoms with Crippen LogP contribution in [0.1, 0.15) is 17.2 Å². The Balaban J connectivity index is 2.48. The zero-order valence-electron chi connectivity index (χ0n) is 8.70. The van der Waals surface area contributed by atoms with E-state index in [0.717, 1.165) is 0 Å². The van der Waals surface area contributed by atoms with E-state index in [1.807, 2.05) is 0 Å². The predicted octanol–water partition coefficient (Wildman–Crippen LogP) is 4.21. The molecule has 2 aromatic carbocycles. The minimum atomic E-state index is -1.04. The second-order valence-electron chi connectivity index (χ2n) is 3.57. The normalized spacial score (nSPS) is 12.5. The summed E-state index contributed by atoms with van der Waals surface area (Å²) >= 11 is 11.8. The van der Waals surface area contributed by atoms with Gasteiger partial charge in [0.25, 0.3) is 0 Å². The van der Waals surface area contributed by atoms with Crippen LogP contribution in [0.4, 0.5) is 4.39 Å². The molecule has 88 valence electrons. The third-order valence-corrected chi connectivity index (χ3v) is 3.22. The monoisotopic (exact) mass is 270 g/mol. The topological polar surface area (TPSA) is 20.2 Å². The fourth-order valence-corrected chi connectivity index (χ4v) is 2.06. The third-order valence-electron chi connectivity index (χ3n) is 2.48. The predicted molar refractivity (Wildman–Crippen MR) is 66.9 cm³/mol. The first-order chi connectivity index (χ1) is 8.11. The second-order valence-corrected chi connectivity index (χ2v) is 4.35. The van der Waals surface area contributed by atoms with Crippen molar-refractivity contribution in [3.8, 4) is 0 Å². The molecule has 0 spiro atoms. The van der Waals surface area contributed by atoms with Crippen molar-refractivity contribution in [1.29, 1.82) is 0 Å². The first-order valence-electron chi connectivity index (χ1n) is 4.97. The van der Waals surface area contributed by atoms with Gasteiger partial charge in [0.15, 0.2) is 0 Å². The van der Waals surface area contributed by atoms with Gasteiger partial charge in [-0.05, 0) is 12.1 Å². The van der Waals surface area contributed by atoms with Crippen molar-refractivity contribution in [1.82, 2.24) is 0 Å². The van der Waals surface area contributed by atoms with Gasteiger partial charge in [-0.2, -0.15) is 0 Å². The minimum absolute atomic E-state index is 0.0834. The summed E-state index contributed by atoms with van der Waals surface area (Å²) in [5.41, 5.74) is 0.807. The number of hydrogen-bond donors (Lipinski definition) is 1. The number of halogens is 3. The molecule has 0 radical (unpaired) electrons. The Morgan fingerprint density at radius 2 is 1.59 bits per heavy atom. The van der Waals surface area contributed by atoms with Gasteiger partial charge in [0, 0.05) is 16.1 Å². The minimum Gasteiger partial charge on any atom is -0.384 e. The Morgan fingerprint density at radius 3 is 2.29 bits per heavy atom. The largest absolute Gasteiger partial charge is 0.384 e. The summed E-state index contributed by atoms with van der Waals surface area (Å²) in [7, 11) is 0. The van der Waals surface area contributed by atoms with Crippen molar-refractivity contribution in [2.75, 3.05) is 0 Å². The molecule has 1 atom stereocenters. The Hall–Kier alpha value is -1.09. The summed E-state index contributed by atoms with van der Waals surface area (Å²) in [5.74, 6) is -0.560. The molecule has 1 N–H and O–H groups in total. The Morgan fingerprint density at radius 1 is 0.941 bits per heavy atom. The fraction of sp³-hybridized carbons (Fsp3) is 0.0769. The van der Waals surface area contributed by atoms with Gasteiger partial charge in [0.1, 0.15) is 11.9 Å². The maximum atomic E-state index is 13.3. The number of aliphatic hydroxyl groups is 1. The lowest BCUT2D eigenvalue weighted by Gasteiger charge is -2.14. The molecule has 0 aliphatic heterocycles. The molecule has 0 amide bonds. The highest BCUT2D eigenvalue weighted by Crippen LogP contribution is 2.33. The molecule has 2 rings (SSSR count). The second kappa shape index (κ2) is 5.05. The summed E-state index contributed by atoms with van der Waals surface area (Å²) in [6, 6.07) is 11.1. The van der Waals surface area contributed by atoms with Gasteiger partial charge in [-0.3, -0.25) is 0 Å². The van der Waals surface area contributed by atoms with Gasteiger partial charge >= 0.3 is 0 Å². The Kier molecular flexibility index (Phi) is 3.67. The molecule has 17 heavy (non-hydrogen) atoms. The van der Waals surface area contributed by atoms with E-state index in [0.29, 0.717) is 16.1 Å². The van der Waals surface area contributed by atoms with Crippen LogP contribution < -0.4 is 0 Å². The van der Waals surface area contributed by atoms with Crippen LogP contribution in [-0.2, 0) is 0 Å². The summed E-state index contributed by atoms with van der Waals surface area (Å²) < 4.78 is 13.3. The third kappa shape index (κ3) is 2.44. The van der Waals surface area contributed by atoms with Crippen LogP contribution in [0.5, 0.6) is 0 Å². The Bertz CT molecular complexity index is 543. The molecule has 0 saturated carbocycles. The van der Waals surface area contributed by atoms with E-state index in [1.54, 1.807) is 30.3 Å². The number of rotatable bonds is 2. The van der Waals surface area contributed by atoms with Gasteiger partial charge < -0.3 is 5.11 Å².